The Balaban J connectivity index is 2.20. The Morgan fingerprint density at radius 2 is 1.30 bits per heavy atom. The molecule has 0 aliphatic carbocycles. The van der Waals surface area contributed by atoms with E-state index in [0.717, 1.165) is 63.4 Å². The van der Waals surface area contributed by atoms with E-state index in [9.17, 15) is 5.11 Å². The Labute approximate surface area is 229 Å². The minimum atomic E-state index is -2.09. The summed E-state index contributed by atoms with van der Waals surface area (Å²) in [6.45, 7) is 19.5. The zero-order chi connectivity index (χ0) is 27.7. The van der Waals surface area contributed by atoms with Gasteiger partial charge < -0.3 is 14.6 Å². The zero-order valence-corrected chi connectivity index (χ0v) is 27.0. The molecule has 0 aliphatic heterocycles. The van der Waals surface area contributed by atoms with Crippen molar-refractivity contribution in [2.75, 3.05) is 0 Å². The van der Waals surface area contributed by atoms with E-state index in [4.69, 9.17) is 9.53 Å². The van der Waals surface area contributed by atoms with Crippen LogP contribution in [-0.4, -0.2) is 31.8 Å². The summed E-state index contributed by atoms with van der Waals surface area (Å²) in [5.41, 5.74) is 2.23. The van der Waals surface area contributed by atoms with Gasteiger partial charge in [-0.15, -0.1) is 0 Å². The Morgan fingerprint density at radius 1 is 0.757 bits per heavy atom. The van der Waals surface area contributed by atoms with E-state index in [-0.39, 0.29) is 10.3 Å². The Morgan fingerprint density at radius 3 is 1.84 bits per heavy atom. The van der Waals surface area contributed by atoms with Gasteiger partial charge in [-0.2, -0.15) is 0 Å². The molecule has 37 heavy (non-hydrogen) atoms. The fraction of sp³-hybridized carbons (Fsp3) is 0.625. The van der Waals surface area contributed by atoms with Crippen molar-refractivity contribution in [3.8, 4) is 11.5 Å². The molecule has 0 amide bonds. The summed E-state index contributed by atoms with van der Waals surface area (Å²) < 4.78 is 7.60. The third-order valence-electron chi connectivity index (χ3n) is 9.82. The predicted octanol–water partition coefficient (Wildman–Crippen LogP) is 9.37. The fourth-order valence-electron chi connectivity index (χ4n) is 6.87. The first-order valence-corrected chi connectivity index (χ1v) is 20.8. The molecule has 0 fully saturated rings. The van der Waals surface area contributed by atoms with Crippen molar-refractivity contribution in [3.05, 3.63) is 59.7 Å². The average Bonchev–Trinajstić information content (AvgIpc) is 2.87. The van der Waals surface area contributed by atoms with Crippen molar-refractivity contribution in [2.45, 2.75) is 128 Å². The molecular formula is C32H55O3Si2+. The van der Waals surface area contributed by atoms with Gasteiger partial charge in [0, 0.05) is 16.9 Å². The molecule has 3 N–H and O–H groups in total. The third kappa shape index (κ3) is 7.30. The maximum Gasteiger partial charge on any atom is 0.257 e. The molecular weight excluding hydrogens is 489 g/mol. The lowest BCUT2D eigenvalue weighted by molar-refractivity contribution is 0.108. The molecule has 0 aromatic heterocycles. The summed E-state index contributed by atoms with van der Waals surface area (Å²) in [6, 6.07) is 17.1. The van der Waals surface area contributed by atoms with E-state index in [1.165, 1.54) is 11.6 Å². The monoisotopic (exact) mass is 543 g/mol. The van der Waals surface area contributed by atoms with Crippen LogP contribution >= 0.6 is 0 Å². The first kappa shape index (κ1) is 31.7. The topological polar surface area (TPSA) is 52.4 Å². The summed E-state index contributed by atoms with van der Waals surface area (Å²) in [4.78, 5) is 0. The second kappa shape index (κ2) is 13.5. The van der Waals surface area contributed by atoms with Crippen molar-refractivity contribution in [3.63, 3.8) is 0 Å². The summed E-state index contributed by atoms with van der Waals surface area (Å²) in [5, 5.41) is 18.7. The molecule has 0 unspecified atom stereocenters. The normalized spacial score (nSPS) is 13.2. The zero-order valence-electron chi connectivity index (χ0n) is 25.0. The van der Waals surface area contributed by atoms with Gasteiger partial charge in [-0.3, -0.25) is 0 Å². The molecule has 0 saturated heterocycles. The highest BCUT2D eigenvalue weighted by atomic mass is 28.4. The van der Waals surface area contributed by atoms with Crippen LogP contribution in [0.5, 0.6) is 11.5 Å². The van der Waals surface area contributed by atoms with Gasteiger partial charge in [0.05, 0.1) is 8.07 Å². The lowest BCUT2D eigenvalue weighted by Gasteiger charge is -2.54. The number of phenols is 1. The summed E-state index contributed by atoms with van der Waals surface area (Å²) in [6.07, 6.45) is 9.73. The Kier molecular flexibility index (Phi) is 11.5. The number of hydrogen-bond acceptors (Lipinski definition) is 2. The van der Waals surface area contributed by atoms with E-state index in [2.05, 4.69) is 72.1 Å². The average molecular weight is 544 g/mol. The molecule has 2 aromatic carbocycles. The number of hydrogen-bond donors (Lipinski definition) is 1. The van der Waals surface area contributed by atoms with Gasteiger partial charge in [-0.25, -0.2) is 0 Å². The number of para-hydroxylation sites is 2. The molecule has 0 aliphatic rings. The predicted molar refractivity (Wildman–Crippen MR) is 166 cm³/mol. The molecule has 0 radical (unpaired) electrons. The Bertz CT molecular complexity index is 962. The van der Waals surface area contributed by atoms with Crippen LogP contribution in [0.2, 0.25) is 37.3 Å². The fourth-order valence-corrected chi connectivity index (χ4v) is 16.1. The molecule has 2 aromatic rings. The van der Waals surface area contributed by atoms with Crippen LogP contribution in [0.3, 0.4) is 0 Å². The van der Waals surface area contributed by atoms with Gasteiger partial charge in [0.15, 0.2) is 8.32 Å². The van der Waals surface area contributed by atoms with Crippen molar-refractivity contribution in [1.82, 2.24) is 0 Å². The van der Waals surface area contributed by atoms with Gasteiger partial charge in [0.2, 0.25) is 0 Å². The van der Waals surface area contributed by atoms with Crippen molar-refractivity contribution >= 4 is 16.4 Å². The second-order valence-electron chi connectivity index (χ2n) is 12.2. The number of rotatable bonds is 16. The first-order valence-electron chi connectivity index (χ1n) is 14.7. The van der Waals surface area contributed by atoms with Crippen LogP contribution in [0.1, 0.15) is 83.8 Å². The van der Waals surface area contributed by atoms with Crippen molar-refractivity contribution in [2.24, 2.45) is 0 Å². The maximum absolute atomic E-state index is 10.3. The van der Waals surface area contributed by atoms with Gasteiger partial charge in [0.25, 0.3) is 5.75 Å². The van der Waals surface area contributed by atoms with Gasteiger partial charge >= 0.3 is 0 Å². The minimum absolute atomic E-state index is 0.0174. The number of aryl methyl sites for hydroxylation is 2. The highest BCUT2D eigenvalue weighted by Gasteiger charge is 2.53. The lowest BCUT2D eigenvalue weighted by atomic mass is 9.93. The molecule has 5 heteroatoms. The van der Waals surface area contributed by atoms with Crippen molar-refractivity contribution < 1.29 is 14.6 Å². The molecule has 0 saturated carbocycles. The minimum Gasteiger partial charge on any atom is -0.593 e. The SMILES string of the molecule is CCC(CC)(O[Si](C)(C)C(CC)(CC)CCCc1ccccc1O)[Si](C)(C)CCCc1ccccc1[OH2+]. The second-order valence-corrected chi connectivity index (χ2v) is 21.6. The van der Waals surface area contributed by atoms with Crippen LogP contribution in [0.25, 0.3) is 0 Å². The summed E-state index contributed by atoms with van der Waals surface area (Å²) >= 11 is 0. The molecule has 0 atom stereocenters. The molecule has 0 spiro atoms. The Hall–Kier alpha value is -1.57. The van der Waals surface area contributed by atoms with Gasteiger partial charge in [0.1, 0.15) is 5.75 Å². The highest BCUT2D eigenvalue weighted by Crippen LogP contribution is 2.53. The molecule has 3 nitrogen and oxygen atoms in total. The van der Waals surface area contributed by atoms with Gasteiger partial charge in [-0.05, 0) is 74.4 Å². The van der Waals surface area contributed by atoms with Crippen LogP contribution in [0.4, 0.5) is 0 Å². The highest BCUT2D eigenvalue weighted by molar-refractivity contribution is 6.82. The van der Waals surface area contributed by atoms with Gasteiger partial charge in [-0.1, -0.05) is 96.4 Å². The standard InChI is InChI=1S/C32H54O3Si2/c1-9-31(10-2,25-17-21-27-19-13-15-23-29(27)33)37(7,8)35-32(11-3,12-4)36(5,6)26-18-22-28-20-14-16-24-30(28)34/h13-16,19-20,23-24,33-34H,9-12,17-18,21-22,25-26H2,1-8H3/p+1. The van der Waals surface area contributed by atoms with Crippen LogP contribution < -0.4 is 0 Å². The van der Waals surface area contributed by atoms with E-state index < -0.39 is 16.4 Å². The van der Waals surface area contributed by atoms with Crippen molar-refractivity contribution in [1.29, 1.82) is 0 Å². The quantitative estimate of drug-likeness (QED) is 0.169. The summed E-state index contributed by atoms with van der Waals surface area (Å²) in [5.74, 6) is 1.09. The molecule has 208 valence electrons. The smallest absolute Gasteiger partial charge is 0.257 e. The largest absolute Gasteiger partial charge is 0.593 e. The number of phenolic OH excluding ortho intramolecular Hbond substituents is 1. The molecule has 2 rings (SSSR count). The number of aromatic hydroxyl groups is 1. The maximum atomic E-state index is 10.3. The van der Waals surface area contributed by atoms with E-state index in [1.807, 2.05) is 24.3 Å². The number of benzene rings is 2. The summed E-state index contributed by atoms with van der Waals surface area (Å²) in [7, 11) is -3.83. The first-order chi connectivity index (χ1) is 17.4. The van der Waals surface area contributed by atoms with Crippen LogP contribution in [0.15, 0.2) is 48.5 Å². The van der Waals surface area contributed by atoms with Crippen LogP contribution in [-0.2, 0) is 17.3 Å². The molecule has 0 heterocycles. The third-order valence-corrected chi connectivity index (χ3v) is 19.3. The van der Waals surface area contributed by atoms with E-state index in [1.54, 1.807) is 6.07 Å². The molecule has 0 bridgehead atoms. The lowest BCUT2D eigenvalue weighted by Crippen LogP contribution is -2.62. The van der Waals surface area contributed by atoms with Crippen LogP contribution in [0, 0.1) is 0 Å². The van der Waals surface area contributed by atoms with E-state index >= 15 is 0 Å². The van der Waals surface area contributed by atoms with E-state index in [0.29, 0.717) is 11.5 Å².